The van der Waals surface area contributed by atoms with E-state index < -0.39 is 0 Å². The van der Waals surface area contributed by atoms with Gasteiger partial charge in [0.15, 0.2) is 12.9 Å². The number of nitrogens with zero attached hydrogens (tertiary/aromatic N) is 2. The van der Waals surface area contributed by atoms with Crippen molar-refractivity contribution in [1.29, 1.82) is 0 Å². The zero-order valence-electron chi connectivity index (χ0n) is 9.01. The summed E-state index contributed by atoms with van der Waals surface area (Å²) in [4.78, 5) is 3.89. The topological polar surface area (TPSA) is 60.2 Å². The van der Waals surface area contributed by atoms with Crippen molar-refractivity contribution in [2.75, 3.05) is 7.05 Å². The van der Waals surface area contributed by atoms with Crippen LogP contribution in [-0.2, 0) is 13.2 Å². The van der Waals surface area contributed by atoms with Crippen LogP contribution in [0.5, 0.6) is 5.75 Å². The maximum absolute atomic E-state index is 5.60. The molecule has 5 nitrogen and oxygen atoms in total. The fourth-order valence-electron chi connectivity index (χ4n) is 1.38. The molecule has 1 aromatic carbocycles. The van der Waals surface area contributed by atoms with Gasteiger partial charge in [-0.2, -0.15) is 4.98 Å². The van der Waals surface area contributed by atoms with Crippen LogP contribution in [0.1, 0.15) is 11.5 Å². The zero-order valence-corrected chi connectivity index (χ0v) is 9.01. The van der Waals surface area contributed by atoms with Crippen molar-refractivity contribution >= 4 is 0 Å². The highest BCUT2D eigenvalue weighted by Gasteiger charge is 2.04. The number of benzene rings is 1. The average Bonchev–Trinajstić information content (AvgIpc) is 2.81. The van der Waals surface area contributed by atoms with Gasteiger partial charge in [-0.15, -0.1) is 0 Å². The first-order chi connectivity index (χ1) is 7.90. The first-order valence-electron chi connectivity index (χ1n) is 5.01. The summed E-state index contributed by atoms with van der Waals surface area (Å²) in [6.45, 7) is 1.06. The van der Waals surface area contributed by atoms with Crippen LogP contribution in [-0.4, -0.2) is 17.2 Å². The van der Waals surface area contributed by atoms with Gasteiger partial charge in [0.2, 0.25) is 0 Å². The van der Waals surface area contributed by atoms with E-state index in [-0.39, 0.29) is 0 Å². The average molecular weight is 219 g/mol. The van der Waals surface area contributed by atoms with Crippen LogP contribution < -0.4 is 10.1 Å². The second kappa shape index (κ2) is 5.27. The Labute approximate surface area is 93.4 Å². The molecule has 84 valence electrons. The van der Waals surface area contributed by atoms with Crippen LogP contribution in [0, 0.1) is 0 Å². The van der Waals surface area contributed by atoms with Crippen molar-refractivity contribution in [3.8, 4) is 5.75 Å². The summed E-state index contributed by atoms with van der Waals surface area (Å²) in [6, 6.07) is 7.84. The molecule has 0 aliphatic heterocycles. The second-order valence-corrected chi connectivity index (χ2v) is 3.26. The maximum atomic E-state index is 5.60. The van der Waals surface area contributed by atoms with Gasteiger partial charge < -0.3 is 14.6 Å². The van der Waals surface area contributed by atoms with Crippen LogP contribution in [0.3, 0.4) is 0 Å². The largest absolute Gasteiger partial charge is 0.483 e. The fourth-order valence-corrected chi connectivity index (χ4v) is 1.38. The lowest BCUT2D eigenvalue weighted by Gasteiger charge is -2.09. The van der Waals surface area contributed by atoms with Crippen LogP contribution in [0.15, 0.2) is 35.1 Å². The third-order valence-corrected chi connectivity index (χ3v) is 2.10. The standard InChI is InChI=1S/C11H13N3O2/c1-12-6-9-4-2-3-5-10(9)15-7-11-13-8-14-16-11/h2-5,8,12H,6-7H2,1H3. The van der Waals surface area contributed by atoms with Crippen molar-refractivity contribution in [2.45, 2.75) is 13.2 Å². The normalized spacial score (nSPS) is 10.3. The first-order valence-corrected chi connectivity index (χ1v) is 5.01. The lowest BCUT2D eigenvalue weighted by molar-refractivity contribution is 0.240. The molecule has 0 unspecified atom stereocenters. The van der Waals surface area contributed by atoms with Gasteiger partial charge in [0.25, 0.3) is 5.89 Å². The van der Waals surface area contributed by atoms with Gasteiger partial charge in [0, 0.05) is 12.1 Å². The number of hydrogen-bond acceptors (Lipinski definition) is 5. The van der Waals surface area contributed by atoms with Gasteiger partial charge in [-0.25, -0.2) is 0 Å². The minimum atomic E-state index is 0.292. The third-order valence-electron chi connectivity index (χ3n) is 2.10. The van der Waals surface area contributed by atoms with E-state index in [0.29, 0.717) is 12.5 Å². The zero-order chi connectivity index (χ0) is 11.2. The highest BCUT2D eigenvalue weighted by Crippen LogP contribution is 2.18. The molecular weight excluding hydrogens is 206 g/mol. The molecule has 0 atom stereocenters. The predicted molar refractivity (Wildman–Crippen MR) is 57.8 cm³/mol. The first kappa shape index (κ1) is 10.6. The fraction of sp³-hybridized carbons (Fsp3) is 0.273. The number of aromatic nitrogens is 2. The maximum Gasteiger partial charge on any atom is 0.264 e. The van der Waals surface area contributed by atoms with E-state index in [2.05, 4.69) is 15.5 Å². The number of para-hydroxylation sites is 1. The molecule has 0 bridgehead atoms. The number of rotatable bonds is 5. The lowest BCUT2D eigenvalue weighted by Crippen LogP contribution is -2.07. The number of nitrogens with one attached hydrogen (secondary N) is 1. The molecule has 5 heteroatoms. The Bertz CT molecular complexity index is 429. The molecular formula is C11H13N3O2. The minimum absolute atomic E-state index is 0.292. The van der Waals surface area contributed by atoms with E-state index in [1.807, 2.05) is 31.3 Å². The Balaban J connectivity index is 2.03. The Hall–Kier alpha value is -1.88. The van der Waals surface area contributed by atoms with Gasteiger partial charge >= 0.3 is 0 Å². The number of ether oxygens (including phenoxy) is 1. The van der Waals surface area contributed by atoms with Gasteiger partial charge in [-0.1, -0.05) is 23.4 Å². The van der Waals surface area contributed by atoms with Crippen LogP contribution in [0.2, 0.25) is 0 Å². The molecule has 2 aromatic rings. The Kier molecular flexibility index (Phi) is 3.50. The van der Waals surface area contributed by atoms with Crippen molar-refractivity contribution in [3.63, 3.8) is 0 Å². The summed E-state index contributed by atoms with van der Waals surface area (Å²) in [5.41, 5.74) is 1.10. The van der Waals surface area contributed by atoms with Gasteiger partial charge in [-0.3, -0.25) is 0 Å². The van der Waals surface area contributed by atoms with Crippen molar-refractivity contribution in [3.05, 3.63) is 42.0 Å². The molecule has 1 aromatic heterocycles. The lowest BCUT2D eigenvalue weighted by atomic mass is 10.2. The second-order valence-electron chi connectivity index (χ2n) is 3.26. The third kappa shape index (κ3) is 2.58. The smallest absolute Gasteiger partial charge is 0.264 e. The predicted octanol–water partition coefficient (Wildman–Crippen LogP) is 1.37. The van der Waals surface area contributed by atoms with E-state index >= 15 is 0 Å². The molecule has 0 aliphatic rings. The highest BCUT2D eigenvalue weighted by molar-refractivity contribution is 5.33. The molecule has 1 N–H and O–H groups in total. The van der Waals surface area contributed by atoms with Gasteiger partial charge in [0.1, 0.15) is 5.75 Å². The van der Waals surface area contributed by atoms with Crippen LogP contribution in [0.4, 0.5) is 0 Å². The Morgan fingerprint density at radius 3 is 3.00 bits per heavy atom. The van der Waals surface area contributed by atoms with Gasteiger partial charge in [-0.05, 0) is 13.1 Å². The van der Waals surface area contributed by atoms with Crippen LogP contribution >= 0.6 is 0 Å². The van der Waals surface area contributed by atoms with E-state index in [4.69, 9.17) is 9.26 Å². The molecule has 2 rings (SSSR count). The van der Waals surface area contributed by atoms with Crippen molar-refractivity contribution in [1.82, 2.24) is 15.5 Å². The Morgan fingerprint density at radius 1 is 1.38 bits per heavy atom. The number of hydrogen-bond donors (Lipinski definition) is 1. The van der Waals surface area contributed by atoms with Gasteiger partial charge in [0.05, 0.1) is 0 Å². The quantitative estimate of drug-likeness (QED) is 0.822. The molecule has 16 heavy (non-hydrogen) atoms. The molecule has 0 saturated carbocycles. The molecule has 0 aliphatic carbocycles. The summed E-state index contributed by atoms with van der Waals surface area (Å²) in [5.74, 6) is 1.30. The van der Waals surface area contributed by atoms with E-state index in [1.165, 1.54) is 6.33 Å². The van der Waals surface area contributed by atoms with E-state index in [0.717, 1.165) is 17.9 Å². The summed E-state index contributed by atoms with van der Waals surface area (Å²) in [7, 11) is 1.90. The molecule has 0 radical (unpaired) electrons. The monoisotopic (exact) mass is 219 g/mol. The Morgan fingerprint density at radius 2 is 2.25 bits per heavy atom. The summed E-state index contributed by atoms with van der Waals surface area (Å²) in [6.07, 6.45) is 1.36. The van der Waals surface area contributed by atoms with Crippen molar-refractivity contribution in [2.24, 2.45) is 0 Å². The van der Waals surface area contributed by atoms with E-state index in [9.17, 15) is 0 Å². The van der Waals surface area contributed by atoms with Crippen molar-refractivity contribution < 1.29 is 9.26 Å². The molecule has 0 saturated heterocycles. The molecule has 0 amide bonds. The summed E-state index contributed by atoms with van der Waals surface area (Å²) in [5, 5.41) is 6.60. The van der Waals surface area contributed by atoms with Crippen LogP contribution in [0.25, 0.3) is 0 Å². The molecule has 1 heterocycles. The van der Waals surface area contributed by atoms with E-state index in [1.54, 1.807) is 0 Å². The molecule has 0 fully saturated rings. The summed E-state index contributed by atoms with van der Waals surface area (Å²) >= 11 is 0. The molecule has 0 spiro atoms. The summed E-state index contributed by atoms with van der Waals surface area (Å²) < 4.78 is 10.5. The highest BCUT2D eigenvalue weighted by atomic mass is 16.5. The SMILES string of the molecule is CNCc1ccccc1OCc1ncno1. The minimum Gasteiger partial charge on any atom is -0.483 e.